The smallest absolute Gasteiger partial charge is 0.116 e. The Labute approximate surface area is 200 Å². The van der Waals surface area contributed by atoms with E-state index in [1.807, 2.05) is 22.3 Å². The van der Waals surface area contributed by atoms with Crippen molar-refractivity contribution in [3.05, 3.63) is 45.1 Å². The zero-order valence-corrected chi connectivity index (χ0v) is 20.6. The summed E-state index contributed by atoms with van der Waals surface area (Å²) in [6.45, 7) is 2.32. The molecule has 0 bridgehead atoms. The highest BCUT2D eigenvalue weighted by Crippen LogP contribution is 2.65. The van der Waals surface area contributed by atoms with Gasteiger partial charge in [0.15, 0.2) is 0 Å². The zero-order chi connectivity index (χ0) is 22.1. The van der Waals surface area contributed by atoms with Crippen LogP contribution < -0.4 is 0 Å². The van der Waals surface area contributed by atoms with Gasteiger partial charge in [-0.2, -0.15) is 5.26 Å². The minimum absolute atomic E-state index is 0.0872. The van der Waals surface area contributed by atoms with Gasteiger partial charge in [-0.1, -0.05) is 60.1 Å². The number of aliphatic hydroxyl groups is 1. The van der Waals surface area contributed by atoms with Crippen molar-refractivity contribution < 1.29 is 10.2 Å². The van der Waals surface area contributed by atoms with Crippen LogP contribution in [0, 0.1) is 28.6 Å². The van der Waals surface area contributed by atoms with Crippen LogP contribution in [0.5, 0.6) is 5.75 Å². The molecule has 0 radical (unpaired) electrons. The normalized spacial score (nSPS) is 34.0. The monoisotopic (exact) mass is 531 g/mol. The molecular formula is C27H34INO2. The van der Waals surface area contributed by atoms with E-state index in [1.165, 1.54) is 16.7 Å². The molecule has 4 rings (SSSR count). The number of halogens is 1. The fraction of sp³-hybridized carbons (Fsp3) is 0.593. The van der Waals surface area contributed by atoms with Crippen LogP contribution in [0.4, 0.5) is 0 Å². The number of unbranched alkanes of at least 4 members (excludes halogenated alkanes) is 4. The highest BCUT2D eigenvalue weighted by molar-refractivity contribution is 14.1. The van der Waals surface area contributed by atoms with Gasteiger partial charge in [0.1, 0.15) is 5.75 Å². The third-order valence-electron chi connectivity index (χ3n) is 8.57. The van der Waals surface area contributed by atoms with Gasteiger partial charge in [-0.25, -0.2) is 0 Å². The number of allylic oxidation sites excluding steroid dienone is 1. The molecule has 0 amide bonds. The molecule has 31 heavy (non-hydrogen) atoms. The molecule has 2 N–H and O–H groups in total. The average Bonchev–Trinajstić information content (AvgIpc) is 3.01. The van der Waals surface area contributed by atoms with Gasteiger partial charge in [-0.15, -0.1) is 0 Å². The molecule has 1 aromatic carbocycles. The van der Waals surface area contributed by atoms with Crippen molar-refractivity contribution in [2.24, 2.45) is 17.3 Å². The van der Waals surface area contributed by atoms with Crippen molar-refractivity contribution in [1.82, 2.24) is 0 Å². The summed E-state index contributed by atoms with van der Waals surface area (Å²) in [5.41, 5.74) is 3.28. The molecule has 0 aromatic heterocycles. The van der Waals surface area contributed by atoms with Crippen LogP contribution in [0.3, 0.4) is 0 Å². The van der Waals surface area contributed by atoms with Crippen LogP contribution in [-0.2, 0) is 0 Å². The molecule has 0 aliphatic heterocycles. The molecule has 0 heterocycles. The number of hydrogen-bond acceptors (Lipinski definition) is 3. The summed E-state index contributed by atoms with van der Waals surface area (Å²) < 4.78 is 1.99. The summed E-state index contributed by atoms with van der Waals surface area (Å²) in [4.78, 5) is 0. The Morgan fingerprint density at radius 2 is 2.00 bits per heavy atom. The van der Waals surface area contributed by atoms with Crippen LogP contribution in [0.2, 0.25) is 0 Å². The maximum absolute atomic E-state index is 11.6. The van der Waals surface area contributed by atoms with Crippen LogP contribution in [0.15, 0.2) is 33.9 Å². The molecule has 166 valence electrons. The standard InChI is InChI=1S/C27H34INO2/c1-26-12-10-23-22-9-8-21(30)18-20(22)17-19(7-5-3-2-4-6-16-29)25(23)24(26)11-13-27(26,31)14-15-28/h8-9,14-15,17-18,23-25,30-31H,2-7,10-13H2,1H3/b15-14+/t23-,24+,25-,26+,27-/m1/s1. The lowest BCUT2D eigenvalue weighted by Crippen LogP contribution is -2.49. The Hall–Kier alpha value is -1.32. The van der Waals surface area contributed by atoms with Gasteiger partial charge in [0.25, 0.3) is 0 Å². The number of benzene rings is 1. The lowest BCUT2D eigenvalue weighted by molar-refractivity contribution is -0.0633. The van der Waals surface area contributed by atoms with Crippen molar-refractivity contribution in [3.63, 3.8) is 0 Å². The Morgan fingerprint density at radius 1 is 1.19 bits per heavy atom. The number of hydrogen-bond donors (Lipinski definition) is 2. The van der Waals surface area contributed by atoms with Gasteiger partial charge < -0.3 is 10.2 Å². The fourth-order valence-electron chi connectivity index (χ4n) is 6.88. The van der Waals surface area contributed by atoms with Crippen molar-refractivity contribution in [2.45, 2.75) is 82.7 Å². The highest BCUT2D eigenvalue weighted by atomic mass is 127. The predicted molar refractivity (Wildman–Crippen MR) is 134 cm³/mol. The van der Waals surface area contributed by atoms with Gasteiger partial charge in [-0.3, -0.25) is 0 Å². The van der Waals surface area contributed by atoms with E-state index in [-0.39, 0.29) is 5.41 Å². The summed E-state index contributed by atoms with van der Waals surface area (Å²) in [6.07, 6.45) is 14.6. The van der Waals surface area contributed by atoms with Gasteiger partial charge in [0.05, 0.1) is 11.7 Å². The minimum atomic E-state index is -0.707. The van der Waals surface area contributed by atoms with E-state index in [1.54, 1.807) is 0 Å². The number of rotatable bonds is 7. The first-order chi connectivity index (χ1) is 14.9. The van der Waals surface area contributed by atoms with E-state index in [4.69, 9.17) is 5.26 Å². The summed E-state index contributed by atoms with van der Waals surface area (Å²) in [5.74, 6) is 1.78. The maximum atomic E-state index is 11.6. The first-order valence-corrected chi connectivity index (χ1v) is 13.1. The predicted octanol–water partition coefficient (Wildman–Crippen LogP) is 7.24. The molecule has 4 heteroatoms. The Kier molecular flexibility index (Phi) is 6.84. The van der Waals surface area contributed by atoms with E-state index >= 15 is 0 Å². The van der Waals surface area contributed by atoms with Gasteiger partial charge in [0.2, 0.25) is 0 Å². The minimum Gasteiger partial charge on any atom is -0.508 e. The molecule has 2 saturated carbocycles. The summed E-state index contributed by atoms with van der Waals surface area (Å²) >= 11 is 2.24. The molecule has 0 spiro atoms. The number of nitrogens with zero attached hydrogens (tertiary/aromatic N) is 1. The second kappa shape index (κ2) is 9.27. The van der Waals surface area contributed by atoms with Crippen molar-refractivity contribution in [2.75, 3.05) is 0 Å². The first-order valence-electron chi connectivity index (χ1n) is 11.8. The number of fused-ring (bicyclic) bond motifs is 5. The van der Waals surface area contributed by atoms with E-state index in [0.717, 1.165) is 57.8 Å². The van der Waals surface area contributed by atoms with E-state index in [0.29, 0.717) is 29.9 Å². The van der Waals surface area contributed by atoms with E-state index in [9.17, 15) is 10.2 Å². The van der Waals surface area contributed by atoms with Crippen LogP contribution >= 0.6 is 22.6 Å². The summed E-state index contributed by atoms with van der Waals surface area (Å²) in [5, 5.41) is 30.4. The van der Waals surface area contributed by atoms with Crippen molar-refractivity contribution >= 4 is 28.7 Å². The zero-order valence-electron chi connectivity index (χ0n) is 18.5. The van der Waals surface area contributed by atoms with Gasteiger partial charge >= 0.3 is 0 Å². The van der Waals surface area contributed by atoms with Crippen LogP contribution in [-0.4, -0.2) is 15.8 Å². The molecule has 2 fully saturated rings. The Bertz CT molecular complexity index is 916. The highest BCUT2D eigenvalue weighted by Gasteiger charge is 2.61. The molecule has 3 nitrogen and oxygen atoms in total. The lowest BCUT2D eigenvalue weighted by atomic mass is 9.52. The lowest BCUT2D eigenvalue weighted by Gasteiger charge is -2.53. The van der Waals surface area contributed by atoms with E-state index < -0.39 is 5.60 Å². The number of aromatic hydroxyl groups is 1. The number of phenols is 1. The van der Waals surface area contributed by atoms with Crippen LogP contribution in [0.1, 0.15) is 88.2 Å². The Balaban J connectivity index is 1.63. The SMILES string of the molecule is C[C@]12CC[C@@H]3c4ccc(O)cc4C=C(CCCCCCC#N)[C@H]3[C@@H]1CC[C@@]2(O)/C=C/I. The molecule has 0 unspecified atom stereocenters. The van der Waals surface area contributed by atoms with Crippen LogP contribution in [0.25, 0.3) is 6.08 Å². The quantitative estimate of drug-likeness (QED) is 0.288. The molecule has 1 aromatic rings. The average molecular weight is 531 g/mol. The molecule has 5 atom stereocenters. The van der Waals surface area contributed by atoms with E-state index in [2.05, 4.69) is 47.7 Å². The third kappa shape index (κ3) is 4.09. The second-order valence-corrected chi connectivity index (χ2v) is 10.8. The van der Waals surface area contributed by atoms with Gasteiger partial charge in [-0.05, 0) is 96.1 Å². The molecule has 3 aliphatic carbocycles. The summed E-state index contributed by atoms with van der Waals surface area (Å²) in [6, 6.07) is 8.14. The van der Waals surface area contributed by atoms with Crippen molar-refractivity contribution in [3.8, 4) is 11.8 Å². The fourth-order valence-corrected chi connectivity index (χ4v) is 7.48. The molecular weight excluding hydrogens is 497 g/mol. The number of nitriles is 1. The molecule has 0 saturated heterocycles. The number of phenolic OH excluding ortho intramolecular Hbond substituents is 1. The third-order valence-corrected chi connectivity index (χ3v) is 8.93. The van der Waals surface area contributed by atoms with Gasteiger partial charge in [0, 0.05) is 11.8 Å². The topological polar surface area (TPSA) is 64.2 Å². The Morgan fingerprint density at radius 3 is 2.77 bits per heavy atom. The maximum Gasteiger partial charge on any atom is 0.116 e. The summed E-state index contributed by atoms with van der Waals surface area (Å²) in [7, 11) is 0. The molecule has 3 aliphatic rings. The van der Waals surface area contributed by atoms with Crippen molar-refractivity contribution in [1.29, 1.82) is 5.26 Å². The first kappa shape index (κ1) is 22.9. The largest absolute Gasteiger partial charge is 0.508 e. The second-order valence-electron chi connectivity index (χ2n) is 10.1.